The van der Waals surface area contributed by atoms with E-state index < -0.39 is 0 Å². The number of alkyl halides is 1. The highest BCUT2D eigenvalue weighted by molar-refractivity contribution is 9.09. The van der Waals surface area contributed by atoms with Crippen LogP contribution in [0.15, 0.2) is 12.2 Å². The van der Waals surface area contributed by atoms with Gasteiger partial charge in [-0.2, -0.15) is 0 Å². The normalized spacial score (nSPS) is 11.6. The molecule has 0 amide bonds. The van der Waals surface area contributed by atoms with Crippen molar-refractivity contribution in [3.8, 4) is 0 Å². The van der Waals surface area contributed by atoms with Crippen LogP contribution in [-0.4, -0.2) is 5.33 Å². The highest BCUT2D eigenvalue weighted by Crippen LogP contribution is 2.23. The summed E-state index contributed by atoms with van der Waals surface area (Å²) in [5.41, 5.74) is 1.67. The van der Waals surface area contributed by atoms with Gasteiger partial charge in [0.1, 0.15) is 0 Å². The predicted molar refractivity (Wildman–Crippen MR) is 47.0 cm³/mol. The van der Waals surface area contributed by atoms with Crippen molar-refractivity contribution in [3.63, 3.8) is 0 Å². The van der Waals surface area contributed by atoms with Crippen molar-refractivity contribution in [1.29, 1.82) is 0 Å². The van der Waals surface area contributed by atoms with Crippen LogP contribution in [0.1, 0.15) is 27.2 Å². The van der Waals surface area contributed by atoms with Gasteiger partial charge < -0.3 is 0 Å². The summed E-state index contributed by atoms with van der Waals surface area (Å²) in [6.45, 7) is 10.6. The van der Waals surface area contributed by atoms with Crippen LogP contribution in [0.25, 0.3) is 0 Å². The molecule has 0 rings (SSSR count). The zero-order valence-electron chi connectivity index (χ0n) is 6.50. The Labute approximate surface area is 66.5 Å². The molecule has 0 saturated carbocycles. The van der Waals surface area contributed by atoms with E-state index in [1.807, 2.05) is 0 Å². The van der Waals surface area contributed by atoms with Crippen LogP contribution in [0.3, 0.4) is 0 Å². The second-order valence-electron chi connectivity index (χ2n) is 3.62. The maximum atomic E-state index is 3.91. The van der Waals surface area contributed by atoms with E-state index in [4.69, 9.17) is 0 Å². The van der Waals surface area contributed by atoms with Gasteiger partial charge in [0.25, 0.3) is 0 Å². The topological polar surface area (TPSA) is 0 Å². The van der Waals surface area contributed by atoms with Gasteiger partial charge in [0.2, 0.25) is 0 Å². The summed E-state index contributed by atoms with van der Waals surface area (Å²) in [7, 11) is 0. The lowest BCUT2D eigenvalue weighted by Crippen LogP contribution is -2.05. The molecule has 0 nitrogen and oxygen atoms in total. The summed E-state index contributed by atoms with van der Waals surface area (Å²) in [4.78, 5) is 0. The van der Waals surface area contributed by atoms with Gasteiger partial charge in [-0.1, -0.05) is 48.9 Å². The summed E-state index contributed by atoms with van der Waals surface area (Å²) >= 11 is 3.37. The van der Waals surface area contributed by atoms with Crippen molar-refractivity contribution >= 4 is 15.9 Å². The van der Waals surface area contributed by atoms with Gasteiger partial charge in [-0.3, -0.25) is 0 Å². The average molecular weight is 191 g/mol. The number of rotatable bonds is 2. The van der Waals surface area contributed by atoms with Crippen LogP contribution >= 0.6 is 15.9 Å². The Hall–Kier alpha value is 0.220. The lowest BCUT2D eigenvalue weighted by Gasteiger charge is -2.18. The molecule has 0 saturated heterocycles. The first-order valence-corrected chi connectivity index (χ1v) is 4.30. The lowest BCUT2D eigenvalue weighted by atomic mass is 9.89. The van der Waals surface area contributed by atoms with Crippen LogP contribution in [0, 0.1) is 5.41 Å². The molecule has 0 aliphatic rings. The number of hydrogen-bond acceptors (Lipinski definition) is 0. The van der Waals surface area contributed by atoms with Crippen molar-refractivity contribution < 1.29 is 0 Å². The Bertz CT molecular complexity index is 97.6. The van der Waals surface area contributed by atoms with Crippen molar-refractivity contribution in [2.75, 3.05) is 5.33 Å². The molecule has 0 radical (unpaired) electrons. The summed E-state index contributed by atoms with van der Waals surface area (Å²) < 4.78 is 0. The second kappa shape index (κ2) is 3.40. The number of hydrogen-bond donors (Lipinski definition) is 0. The predicted octanol–water partition coefficient (Wildman–Crippen LogP) is 3.37. The number of allylic oxidation sites excluding steroid dienone is 1. The van der Waals surface area contributed by atoms with Gasteiger partial charge in [-0.25, -0.2) is 0 Å². The van der Waals surface area contributed by atoms with Gasteiger partial charge in [0, 0.05) is 5.33 Å². The summed E-state index contributed by atoms with van der Waals surface area (Å²) in [6, 6.07) is 0. The molecule has 0 unspecified atom stereocenters. The summed E-state index contributed by atoms with van der Waals surface area (Å²) in [5.74, 6) is 0. The van der Waals surface area contributed by atoms with Crippen LogP contribution in [0.2, 0.25) is 0 Å². The van der Waals surface area contributed by atoms with Crippen LogP contribution in [0.5, 0.6) is 0 Å². The van der Waals surface area contributed by atoms with Crippen LogP contribution < -0.4 is 0 Å². The molecule has 0 bridgehead atoms. The van der Waals surface area contributed by atoms with E-state index in [1.165, 1.54) is 5.57 Å². The minimum atomic E-state index is 0.394. The van der Waals surface area contributed by atoms with Crippen molar-refractivity contribution in [2.24, 2.45) is 5.41 Å². The minimum absolute atomic E-state index is 0.394. The van der Waals surface area contributed by atoms with Crippen LogP contribution in [-0.2, 0) is 0 Å². The maximum absolute atomic E-state index is 3.91. The highest BCUT2D eigenvalue weighted by atomic mass is 79.9. The number of halogens is 1. The third kappa shape index (κ3) is 6.10. The van der Waals surface area contributed by atoms with E-state index in [9.17, 15) is 0 Å². The first-order valence-electron chi connectivity index (χ1n) is 3.18. The van der Waals surface area contributed by atoms with E-state index in [1.54, 1.807) is 0 Å². The molecule has 0 heterocycles. The third-order valence-electron chi connectivity index (χ3n) is 0.969. The van der Waals surface area contributed by atoms with Crippen molar-refractivity contribution in [1.82, 2.24) is 0 Å². The molecule has 0 atom stereocenters. The van der Waals surface area contributed by atoms with Gasteiger partial charge in [-0.15, -0.1) is 0 Å². The minimum Gasteiger partial charge on any atom is -0.0990 e. The molecular weight excluding hydrogens is 176 g/mol. The fourth-order valence-electron chi connectivity index (χ4n) is 0.797. The largest absolute Gasteiger partial charge is 0.0990 e. The molecular formula is C8H15Br. The van der Waals surface area contributed by atoms with Gasteiger partial charge in [0.05, 0.1) is 0 Å². The Balaban J connectivity index is 3.60. The first-order chi connectivity index (χ1) is 3.95. The van der Waals surface area contributed by atoms with Crippen LogP contribution in [0.4, 0.5) is 0 Å². The fraction of sp³-hybridized carbons (Fsp3) is 0.750. The third-order valence-corrected chi connectivity index (χ3v) is 1.76. The van der Waals surface area contributed by atoms with Crippen molar-refractivity contribution in [3.05, 3.63) is 12.2 Å². The molecule has 9 heavy (non-hydrogen) atoms. The standard InChI is InChI=1S/C8H15Br/c1-7(6-9)5-8(2,3)4/h1,5-6H2,2-4H3. The Morgan fingerprint density at radius 1 is 1.44 bits per heavy atom. The quantitative estimate of drug-likeness (QED) is 0.463. The second-order valence-corrected chi connectivity index (χ2v) is 4.18. The lowest BCUT2D eigenvalue weighted by molar-refractivity contribution is 0.411. The zero-order chi connectivity index (χ0) is 7.49. The molecule has 0 spiro atoms. The van der Waals surface area contributed by atoms with Gasteiger partial charge in [-0.05, 0) is 11.8 Å². The van der Waals surface area contributed by atoms with Crippen molar-refractivity contribution in [2.45, 2.75) is 27.2 Å². The Kier molecular flexibility index (Phi) is 3.49. The zero-order valence-corrected chi connectivity index (χ0v) is 8.09. The average Bonchev–Trinajstić information content (AvgIpc) is 1.62. The summed E-state index contributed by atoms with van der Waals surface area (Å²) in [5, 5.41) is 0.935. The molecule has 0 aliphatic carbocycles. The van der Waals surface area contributed by atoms with Gasteiger partial charge in [0.15, 0.2) is 0 Å². The molecule has 54 valence electrons. The first kappa shape index (κ1) is 9.22. The Morgan fingerprint density at radius 2 is 1.89 bits per heavy atom. The van der Waals surface area contributed by atoms with E-state index in [0.717, 1.165) is 11.8 Å². The molecule has 0 fully saturated rings. The molecule has 1 heteroatoms. The molecule has 0 aromatic carbocycles. The summed E-state index contributed by atoms with van der Waals surface area (Å²) in [6.07, 6.45) is 1.11. The molecule has 0 aromatic rings. The highest BCUT2D eigenvalue weighted by Gasteiger charge is 2.10. The van der Waals surface area contributed by atoms with E-state index in [-0.39, 0.29) is 0 Å². The molecule has 0 aromatic heterocycles. The smallest absolute Gasteiger partial charge is 0.0239 e. The SMILES string of the molecule is C=C(CBr)CC(C)(C)C. The van der Waals surface area contributed by atoms with E-state index in [0.29, 0.717) is 5.41 Å². The van der Waals surface area contributed by atoms with E-state index >= 15 is 0 Å². The van der Waals surface area contributed by atoms with Gasteiger partial charge >= 0.3 is 0 Å². The molecule has 0 N–H and O–H groups in total. The molecule has 0 aliphatic heterocycles. The fourth-order valence-corrected chi connectivity index (χ4v) is 0.995. The maximum Gasteiger partial charge on any atom is 0.0239 e. The monoisotopic (exact) mass is 190 g/mol. The Morgan fingerprint density at radius 3 is 2.00 bits per heavy atom. The van der Waals surface area contributed by atoms with E-state index in [2.05, 4.69) is 43.3 Å².